The number of carbonyl (C=O) groups is 2. The molecule has 3 N–H and O–H groups in total. The van der Waals surface area contributed by atoms with Gasteiger partial charge in [-0.2, -0.15) is 0 Å². The number of anilines is 1. The Labute approximate surface area is 136 Å². The van der Waals surface area contributed by atoms with Gasteiger partial charge in [0.1, 0.15) is 5.75 Å². The predicted octanol–water partition coefficient (Wildman–Crippen LogP) is 2.91. The summed E-state index contributed by atoms with van der Waals surface area (Å²) in [5.74, 6) is -0.504. The van der Waals surface area contributed by atoms with Crippen molar-refractivity contribution in [2.24, 2.45) is 0 Å². The summed E-state index contributed by atoms with van der Waals surface area (Å²) < 4.78 is 0.895. The van der Waals surface area contributed by atoms with E-state index in [1.54, 1.807) is 42.5 Å². The second kappa shape index (κ2) is 7.61. The molecule has 0 saturated carbocycles. The second-order valence-electron chi connectivity index (χ2n) is 4.58. The van der Waals surface area contributed by atoms with Gasteiger partial charge in [0.05, 0.1) is 5.69 Å². The Balaban J connectivity index is 1.78. The summed E-state index contributed by atoms with van der Waals surface area (Å²) in [5, 5.41) is 14.8. The SMILES string of the molecule is O=C(CCNC(=O)c1ccc(Br)cc1)Nc1ccccc1O. The zero-order chi connectivity index (χ0) is 15.9. The molecule has 0 unspecified atom stereocenters. The Bertz CT molecular complexity index is 671. The lowest BCUT2D eigenvalue weighted by atomic mass is 10.2. The van der Waals surface area contributed by atoms with E-state index in [4.69, 9.17) is 0 Å². The minimum absolute atomic E-state index is 0.00903. The monoisotopic (exact) mass is 362 g/mol. The van der Waals surface area contributed by atoms with Gasteiger partial charge in [0, 0.05) is 23.0 Å². The summed E-state index contributed by atoms with van der Waals surface area (Å²) in [7, 11) is 0. The molecule has 0 fully saturated rings. The molecule has 0 spiro atoms. The molecule has 0 heterocycles. The first-order valence-electron chi connectivity index (χ1n) is 6.68. The van der Waals surface area contributed by atoms with Gasteiger partial charge in [-0.1, -0.05) is 28.1 Å². The second-order valence-corrected chi connectivity index (χ2v) is 5.49. The molecule has 0 radical (unpaired) electrons. The summed E-state index contributed by atoms with van der Waals surface area (Å²) in [6.45, 7) is 0.217. The van der Waals surface area contributed by atoms with Gasteiger partial charge >= 0.3 is 0 Å². The highest BCUT2D eigenvalue weighted by Gasteiger charge is 2.08. The minimum atomic E-state index is -0.280. The molecule has 0 aliphatic carbocycles. The number of benzene rings is 2. The highest BCUT2D eigenvalue weighted by molar-refractivity contribution is 9.10. The van der Waals surface area contributed by atoms with Crippen LogP contribution in [0, 0.1) is 0 Å². The van der Waals surface area contributed by atoms with Crippen LogP contribution in [0.4, 0.5) is 5.69 Å². The Kier molecular flexibility index (Phi) is 5.55. The van der Waals surface area contributed by atoms with Crippen LogP contribution in [0.25, 0.3) is 0 Å². The zero-order valence-electron chi connectivity index (χ0n) is 11.7. The fourth-order valence-corrected chi connectivity index (χ4v) is 2.05. The molecule has 5 nitrogen and oxygen atoms in total. The third-order valence-corrected chi connectivity index (χ3v) is 3.45. The number of nitrogens with one attached hydrogen (secondary N) is 2. The molecule has 0 aliphatic rings. The van der Waals surface area contributed by atoms with Crippen molar-refractivity contribution in [2.45, 2.75) is 6.42 Å². The highest BCUT2D eigenvalue weighted by atomic mass is 79.9. The van der Waals surface area contributed by atoms with Crippen molar-refractivity contribution in [1.82, 2.24) is 5.32 Å². The van der Waals surface area contributed by atoms with Crippen LogP contribution in [0.5, 0.6) is 5.75 Å². The number of para-hydroxylation sites is 2. The molecular formula is C16H15BrN2O3. The van der Waals surface area contributed by atoms with E-state index in [1.165, 1.54) is 6.07 Å². The van der Waals surface area contributed by atoms with Crippen LogP contribution in [0.1, 0.15) is 16.8 Å². The molecule has 22 heavy (non-hydrogen) atoms. The lowest BCUT2D eigenvalue weighted by molar-refractivity contribution is -0.116. The van der Waals surface area contributed by atoms with Crippen LogP contribution in [-0.4, -0.2) is 23.5 Å². The van der Waals surface area contributed by atoms with Gasteiger partial charge < -0.3 is 15.7 Å². The van der Waals surface area contributed by atoms with E-state index in [0.29, 0.717) is 11.3 Å². The van der Waals surface area contributed by atoms with E-state index in [9.17, 15) is 14.7 Å². The van der Waals surface area contributed by atoms with Crippen molar-refractivity contribution in [3.05, 3.63) is 58.6 Å². The topological polar surface area (TPSA) is 78.4 Å². The summed E-state index contributed by atoms with van der Waals surface area (Å²) >= 11 is 3.30. The number of hydrogen-bond donors (Lipinski definition) is 3. The Morgan fingerprint density at radius 1 is 1.05 bits per heavy atom. The largest absolute Gasteiger partial charge is 0.506 e. The Hall–Kier alpha value is -2.34. The third kappa shape index (κ3) is 4.60. The molecule has 2 aromatic carbocycles. The molecule has 2 rings (SSSR count). The van der Waals surface area contributed by atoms with E-state index in [1.807, 2.05) is 0 Å². The molecular weight excluding hydrogens is 348 g/mol. The molecule has 0 atom stereocenters. The van der Waals surface area contributed by atoms with Crippen molar-refractivity contribution in [1.29, 1.82) is 0 Å². The lowest BCUT2D eigenvalue weighted by Gasteiger charge is -2.08. The van der Waals surface area contributed by atoms with E-state index >= 15 is 0 Å². The highest BCUT2D eigenvalue weighted by Crippen LogP contribution is 2.21. The maximum absolute atomic E-state index is 11.9. The molecule has 114 valence electrons. The van der Waals surface area contributed by atoms with Crippen LogP contribution < -0.4 is 10.6 Å². The third-order valence-electron chi connectivity index (χ3n) is 2.92. The van der Waals surface area contributed by atoms with Crippen LogP contribution in [0.2, 0.25) is 0 Å². The molecule has 0 aromatic heterocycles. The van der Waals surface area contributed by atoms with Gasteiger partial charge in [-0.15, -0.1) is 0 Å². The lowest BCUT2D eigenvalue weighted by Crippen LogP contribution is -2.27. The quantitative estimate of drug-likeness (QED) is 0.715. The maximum Gasteiger partial charge on any atom is 0.251 e. The number of phenolic OH excluding ortho intramolecular Hbond substituents is 1. The van der Waals surface area contributed by atoms with Crippen LogP contribution in [0.3, 0.4) is 0 Å². The minimum Gasteiger partial charge on any atom is -0.506 e. The van der Waals surface area contributed by atoms with Crippen molar-refractivity contribution in [3.8, 4) is 5.75 Å². The summed E-state index contributed by atoms with van der Waals surface area (Å²) in [4.78, 5) is 23.6. The predicted molar refractivity (Wildman–Crippen MR) is 87.8 cm³/mol. The van der Waals surface area contributed by atoms with Gasteiger partial charge in [0.25, 0.3) is 5.91 Å². The molecule has 0 aliphatic heterocycles. The van der Waals surface area contributed by atoms with Gasteiger partial charge in [-0.05, 0) is 36.4 Å². The summed E-state index contributed by atoms with van der Waals surface area (Å²) in [6, 6.07) is 13.4. The van der Waals surface area contributed by atoms with Crippen LogP contribution >= 0.6 is 15.9 Å². The smallest absolute Gasteiger partial charge is 0.251 e. The normalized spacial score (nSPS) is 10.0. The maximum atomic E-state index is 11.9. The van der Waals surface area contributed by atoms with Crippen molar-refractivity contribution in [2.75, 3.05) is 11.9 Å². The molecule has 0 bridgehead atoms. The van der Waals surface area contributed by atoms with E-state index < -0.39 is 0 Å². The van der Waals surface area contributed by atoms with Gasteiger partial charge in [-0.3, -0.25) is 9.59 Å². The zero-order valence-corrected chi connectivity index (χ0v) is 13.3. The van der Waals surface area contributed by atoms with Crippen LogP contribution in [-0.2, 0) is 4.79 Å². The number of rotatable bonds is 5. The van der Waals surface area contributed by atoms with Gasteiger partial charge in [0.15, 0.2) is 0 Å². The van der Waals surface area contributed by atoms with Gasteiger partial charge in [-0.25, -0.2) is 0 Å². The summed E-state index contributed by atoms with van der Waals surface area (Å²) in [5.41, 5.74) is 0.885. The standard InChI is InChI=1S/C16H15BrN2O3/c17-12-7-5-11(6-8-12)16(22)18-10-9-15(21)19-13-3-1-2-4-14(13)20/h1-8,20H,9-10H2,(H,18,22)(H,19,21). The van der Waals surface area contributed by atoms with Gasteiger partial charge in [0.2, 0.25) is 5.91 Å². The van der Waals surface area contributed by atoms with Crippen LogP contribution in [0.15, 0.2) is 53.0 Å². The molecule has 2 aromatic rings. The molecule has 2 amide bonds. The first kappa shape index (κ1) is 16.0. The Morgan fingerprint density at radius 2 is 1.73 bits per heavy atom. The average molecular weight is 363 g/mol. The van der Waals surface area contributed by atoms with E-state index in [2.05, 4.69) is 26.6 Å². The fraction of sp³-hybridized carbons (Fsp3) is 0.125. The Morgan fingerprint density at radius 3 is 2.41 bits per heavy atom. The summed E-state index contributed by atoms with van der Waals surface area (Å²) in [6.07, 6.45) is 0.122. The number of amides is 2. The van der Waals surface area contributed by atoms with Crippen molar-refractivity contribution < 1.29 is 14.7 Å². The first-order valence-corrected chi connectivity index (χ1v) is 7.47. The number of carbonyl (C=O) groups excluding carboxylic acids is 2. The fourth-order valence-electron chi connectivity index (χ4n) is 1.78. The van der Waals surface area contributed by atoms with Crippen molar-refractivity contribution in [3.63, 3.8) is 0 Å². The molecule has 6 heteroatoms. The number of aromatic hydroxyl groups is 1. The van der Waals surface area contributed by atoms with Crippen molar-refractivity contribution >= 4 is 33.4 Å². The van der Waals surface area contributed by atoms with E-state index in [-0.39, 0.29) is 30.5 Å². The number of halogens is 1. The average Bonchev–Trinajstić information content (AvgIpc) is 2.50. The first-order chi connectivity index (χ1) is 10.6. The number of phenols is 1. The molecule has 0 saturated heterocycles. The van der Waals surface area contributed by atoms with E-state index in [0.717, 1.165) is 4.47 Å². The number of hydrogen-bond acceptors (Lipinski definition) is 3.